The molecule has 0 amide bonds. The molecule has 2 aromatic rings. The van der Waals surface area contributed by atoms with Crippen LogP contribution in [0.2, 0.25) is 0 Å². The highest BCUT2D eigenvalue weighted by Crippen LogP contribution is 2.43. The molecule has 30 heavy (non-hydrogen) atoms. The first-order valence-corrected chi connectivity index (χ1v) is 10.8. The van der Waals surface area contributed by atoms with Gasteiger partial charge < -0.3 is 20.7 Å². The van der Waals surface area contributed by atoms with E-state index in [0.717, 1.165) is 71.6 Å². The van der Waals surface area contributed by atoms with E-state index in [4.69, 9.17) is 10.6 Å². The number of aliphatic hydroxyl groups is 1. The summed E-state index contributed by atoms with van der Waals surface area (Å²) < 4.78 is 0. The van der Waals surface area contributed by atoms with Crippen LogP contribution in [0.4, 0.5) is 5.69 Å². The van der Waals surface area contributed by atoms with E-state index in [9.17, 15) is 5.11 Å². The molecule has 4 aliphatic rings. The third kappa shape index (κ3) is 2.93. The molecular weight excluding hydrogens is 378 g/mol. The molecule has 156 valence electrons. The molecule has 4 atom stereocenters. The fourth-order valence-corrected chi connectivity index (χ4v) is 5.24. The molecule has 1 aromatic heterocycles. The molecule has 7 heteroatoms. The van der Waals surface area contributed by atoms with Gasteiger partial charge in [-0.15, -0.1) is 0 Å². The van der Waals surface area contributed by atoms with Crippen LogP contribution in [0.5, 0.6) is 0 Å². The smallest absolute Gasteiger partial charge is 0.174 e. The fourth-order valence-electron chi connectivity index (χ4n) is 5.24. The highest BCUT2D eigenvalue weighted by Gasteiger charge is 2.53. The average molecular weight is 406 g/mol. The summed E-state index contributed by atoms with van der Waals surface area (Å²) in [5.41, 5.74) is 14.7. The second-order valence-corrected chi connectivity index (χ2v) is 8.75. The van der Waals surface area contributed by atoms with Gasteiger partial charge in [-0.1, -0.05) is 30.4 Å². The SMILES string of the molecule is NC1[C@H]2CN(CCONc3c(C4=C5C=CCCC5=NC4O)[nH]c4ccccc34)C[C@@H]12. The summed E-state index contributed by atoms with van der Waals surface area (Å²) in [4.78, 5) is 16.3. The van der Waals surface area contributed by atoms with Crippen LogP contribution in [0.3, 0.4) is 0 Å². The van der Waals surface area contributed by atoms with Crippen LogP contribution in [0, 0.1) is 11.8 Å². The monoisotopic (exact) mass is 405 g/mol. The number of nitrogens with zero attached hydrogens (tertiary/aromatic N) is 2. The highest BCUT2D eigenvalue weighted by molar-refractivity contribution is 6.15. The van der Waals surface area contributed by atoms with Crippen molar-refractivity contribution in [3.8, 4) is 0 Å². The van der Waals surface area contributed by atoms with Gasteiger partial charge in [0.15, 0.2) is 6.23 Å². The molecule has 0 bridgehead atoms. The molecule has 2 aliphatic heterocycles. The second kappa shape index (κ2) is 7.06. The molecule has 2 fully saturated rings. The zero-order valence-electron chi connectivity index (χ0n) is 16.8. The maximum atomic E-state index is 10.7. The van der Waals surface area contributed by atoms with E-state index in [1.807, 2.05) is 18.2 Å². The number of rotatable bonds is 6. The first-order valence-electron chi connectivity index (χ1n) is 10.8. The van der Waals surface area contributed by atoms with Gasteiger partial charge in [-0.3, -0.25) is 15.3 Å². The van der Waals surface area contributed by atoms with E-state index in [1.54, 1.807) is 0 Å². The zero-order chi connectivity index (χ0) is 20.2. The number of likely N-dealkylation sites (tertiary alicyclic amines) is 1. The number of nitrogens with two attached hydrogens (primary N) is 1. The summed E-state index contributed by atoms with van der Waals surface area (Å²) in [7, 11) is 0. The van der Waals surface area contributed by atoms with E-state index in [2.05, 4.69) is 38.6 Å². The van der Waals surface area contributed by atoms with Gasteiger partial charge in [-0.2, -0.15) is 0 Å². The van der Waals surface area contributed by atoms with Crippen molar-refractivity contribution in [2.45, 2.75) is 25.1 Å². The predicted molar refractivity (Wildman–Crippen MR) is 118 cm³/mol. The Kier molecular flexibility index (Phi) is 4.31. The van der Waals surface area contributed by atoms with Gasteiger partial charge in [0.25, 0.3) is 0 Å². The molecule has 2 unspecified atom stereocenters. The van der Waals surface area contributed by atoms with E-state index < -0.39 is 6.23 Å². The molecule has 6 rings (SSSR count). The van der Waals surface area contributed by atoms with Gasteiger partial charge in [-0.25, -0.2) is 0 Å². The van der Waals surface area contributed by atoms with Gasteiger partial charge in [0, 0.05) is 53.4 Å². The maximum absolute atomic E-state index is 10.7. The standard InChI is InChI=1S/C23H27N5O2/c24-20-15-11-28(12-16(15)20)9-10-30-27-21-14-6-2-4-8-18(14)25-22(21)19-13-5-1-3-7-17(13)26-23(19)29/h1-2,4-6,8,15-16,20,23,25,27,29H,3,7,9-12,24H2/t15-,16+,20?,23?. The Hall–Kier alpha value is -2.45. The van der Waals surface area contributed by atoms with E-state index in [1.165, 1.54) is 0 Å². The van der Waals surface area contributed by atoms with Crippen LogP contribution in [0.15, 0.2) is 47.0 Å². The van der Waals surface area contributed by atoms with Crippen molar-refractivity contribution in [3.05, 3.63) is 47.7 Å². The topological polar surface area (TPSA) is 98.9 Å². The Morgan fingerprint density at radius 2 is 2.10 bits per heavy atom. The van der Waals surface area contributed by atoms with E-state index in [-0.39, 0.29) is 0 Å². The molecule has 1 saturated heterocycles. The molecule has 3 heterocycles. The van der Waals surface area contributed by atoms with Crippen molar-refractivity contribution >= 4 is 27.9 Å². The molecule has 1 saturated carbocycles. The Labute approximate surface area is 175 Å². The van der Waals surface area contributed by atoms with Gasteiger partial charge in [0.2, 0.25) is 0 Å². The number of nitrogens with one attached hydrogen (secondary N) is 2. The van der Waals surface area contributed by atoms with Crippen molar-refractivity contribution in [1.29, 1.82) is 0 Å². The van der Waals surface area contributed by atoms with Crippen LogP contribution in [0.1, 0.15) is 18.5 Å². The minimum absolute atomic E-state index is 0.419. The van der Waals surface area contributed by atoms with E-state index >= 15 is 0 Å². The van der Waals surface area contributed by atoms with Crippen molar-refractivity contribution in [2.75, 3.05) is 31.7 Å². The van der Waals surface area contributed by atoms with Crippen LogP contribution < -0.4 is 11.2 Å². The molecule has 1 aromatic carbocycles. The van der Waals surface area contributed by atoms with Crippen LogP contribution in [0.25, 0.3) is 16.5 Å². The quantitative estimate of drug-likeness (QED) is 0.437. The van der Waals surface area contributed by atoms with Crippen molar-refractivity contribution in [3.63, 3.8) is 0 Å². The molecule has 7 nitrogen and oxygen atoms in total. The first-order chi connectivity index (χ1) is 14.7. The number of H-pyrrole nitrogens is 1. The Balaban J connectivity index is 1.23. The summed E-state index contributed by atoms with van der Waals surface area (Å²) in [6.07, 6.45) is 5.20. The van der Waals surface area contributed by atoms with E-state index in [0.29, 0.717) is 24.5 Å². The fraction of sp³-hybridized carbons (Fsp3) is 0.435. The van der Waals surface area contributed by atoms with Gasteiger partial charge in [0.1, 0.15) is 0 Å². The molecule has 0 radical (unpaired) electrons. The van der Waals surface area contributed by atoms with Gasteiger partial charge in [0.05, 0.1) is 18.0 Å². The number of piperidine rings is 1. The first kappa shape index (κ1) is 18.3. The van der Waals surface area contributed by atoms with Crippen molar-refractivity contribution < 1.29 is 9.94 Å². The molecule has 5 N–H and O–H groups in total. The number of fused-ring (bicyclic) bond motifs is 3. The third-order valence-corrected chi connectivity index (χ3v) is 6.96. The summed E-state index contributed by atoms with van der Waals surface area (Å²) in [6, 6.07) is 8.52. The van der Waals surface area contributed by atoms with Crippen molar-refractivity contribution in [2.24, 2.45) is 22.6 Å². The number of anilines is 1. The summed E-state index contributed by atoms with van der Waals surface area (Å²) in [5, 5.41) is 11.7. The molecule has 2 aliphatic carbocycles. The third-order valence-electron chi connectivity index (χ3n) is 6.96. The summed E-state index contributed by atoms with van der Waals surface area (Å²) >= 11 is 0. The van der Waals surface area contributed by atoms with Gasteiger partial charge >= 0.3 is 0 Å². The number of aromatic amines is 1. The summed E-state index contributed by atoms with van der Waals surface area (Å²) in [5.74, 6) is 1.38. The number of aromatic nitrogens is 1. The van der Waals surface area contributed by atoms with Crippen molar-refractivity contribution in [1.82, 2.24) is 9.88 Å². The number of aliphatic imine (C=N–C) groups is 1. The zero-order valence-corrected chi connectivity index (χ0v) is 16.8. The average Bonchev–Trinajstić information content (AvgIpc) is 3.16. The number of hydrogen-bond acceptors (Lipinski definition) is 6. The second-order valence-electron chi connectivity index (χ2n) is 8.75. The Morgan fingerprint density at radius 3 is 2.97 bits per heavy atom. The summed E-state index contributed by atoms with van der Waals surface area (Å²) in [6.45, 7) is 3.64. The predicted octanol–water partition coefficient (Wildman–Crippen LogP) is 2.28. The molecule has 0 spiro atoms. The van der Waals surface area contributed by atoms with Crippen LogP contribution >= 0.6 is 0 Å². The minimum Gasteiger partial charge on any atom is -0.368 e. The lowest BCUT2D eigenvalue weighted by molar-refractivity contribution is 0.151. The minimum atomic E-state index is -0.855. The number of aliphatic hydroxyl groups excluding tert-OH is 1. The van der Waals surface area contributed by atoms with Crippen LogP contribution in [-0.4, -0.2) is 59.2 Å². The highest BCUT2D eigenvalue weighted by atomic mass is 16.6. The lowest BCUT2D eigenvalue weighted by Gasteiger charge is -2.19. The Bertz CT molecular complexity index is 1070. The number of para-hydroxylation sites is 1. The number of hydrogen-bond donors (Lipinski definition) is 4. The lowest BCUT2D eigenvalue weighted by Crippen LogP contribution is -2.31. The maximum Gasteiger partial charge on any atom is 0.174 e. The largest absolute Gasteiger partial charge is 0.368 e. The Morgan fingerprint density at radius 1 is 1.27 bits per heavy atom. The lowest BCUT2D eigenvalue weighted by atomic mass is 9.95. The normalized spacial score (nSPS) is 30.0. The molecular formula is C23H27N5O2. The van der Waals surface area contributed by atoms with Crippen LogP contribution in [-0.2, 0) is 4.84 Å². The number of benzene rings is 1. The van der Waals surface area contributed by atoms with Gasteiger partial charge in [-0.05, 0) is 30.7 Å². The number of allylic oxidation sites excluding steroid dienone is 3.